The smallest absolute Gasteiger partial charge is 0.406 e. The standard InChI is InChI=1S/C19H18F3NO3/c20-19(21,22)26-16-8-6-15(7-9-16)17-10-11-23(18(24)13-25-17)12-14-4-2-1-3-5-14/h1-9,17H,10-13H2. The van der Waals surface area contributed by atoms with Crippen molar-refractivity contribution in [3.63, 3.8) is 0 Å². The lowest BCUT2D eigenvalue weighted by molar-refractivity contribution is -0.274. The molecule has 26 heavy (non-hydrogen) atoms. The third-order valence-electron chi connectivity index (χ3n) is 4.12. The fraction of sp³-hybridized carbons (Fsp3) is 0.316. The number of hydrogen-bond donors (Lipinski definition) is 0. The second kappa shape index (κ2) is 7.78. The second-order valence-electron chi connectivity index (χ2n) is 6.01. The Labute approximate surface area is 149 Å². The minimum absolute atomic E-state index is 0.0572. The van der Waals surface area contributed by atoms with Crippen molar-refractivity contribution in [3.05, 3.63) is 65.7 Å². The molecule has 0 radical (unpaired) electrons. The first-order valence-electron chi connectivity index (χ1n) is 8.20. The molecule has 0 aromatic heterocycles. The number of carbonyl (C=O) groups is 1. The summed E-state index contributed by atoms with van der Waals surface area (Å²) in [6.07, 6.45) is -4.50. The highest BCUT2D eigenvalue weighted by Gasteiger charge is 2.31. The number of halogens is 3. The monoisotopic (exact) mass is 365 g/mol. The van der Waals surface area contributed by atoms with Gasteiger partial charge in [0.15, 0.2) is 0 Å². The number of ether oxygens (including phenoxy) is 2. The summed E-state index contributed by atoms with van der Waals surface area (Å²) in [6.45, 7) is 0.964. The zero-order chi connectivity index (χ0) is 18.6. The van der Waals surface area contributed by atoms with E-state index in [1.807, 2.05) is 30.3 Å². The third kappa shape index (κ3) is 4.98. The lowest BCUT2D eigenvalue weighted by Gasteiger charge is -2.20. The summed E-state index contributed by atoms with van der Waals surface area (Å²) in [6, 6.07) is 15.2. The molecule has 2 aromatic rings. The summed E-state index contributed by atoms with van der Waals surface area (Å²) in [5.74, 6) is -0.384. The van der Waals surface area contributed by atoms with Crippen LogP contribution in [0.4, 0.5) is 13.2 Å². The number of benzene rings is 2. The predicted octanol–water partition coefficient (Wildman–Crippen LogP) is 4.08. The molecule has 1 heterocycles. The van der Waals surface area contributed by atoms with E-state index in [1.54, 1.807) is 4.90 Å². The van der Waals surface area contributed by atoms with Crippen LogP contribution in [0.3, 0.4) is 0 Å². The molecule has 0 spiro atoms. The molecular weight excluding hydrogens is 347 g/mol. The molecule has 2 aromatic carbocycles. The maximum Gasteiger partial charge on any atom is 0.573 e. The van der Waals surface area contributed by atoms with Crippen LogP contribution in [-0.4, -0.2) is 30.3 Å². The van der Waals surface area contributed by atoms with Crippen molar-refractivity contribution in [2.75, 3.05) is 13.2 Å². The van der Waals surface area contributed by atoms with Crippen LogP contribution in [0.5, 0.6) is 5.75 Å². The molecule has 1 saturated heterocycles. The van der Waals surface area contributed by atoms with Crippen LogP contribution in [0.1, 0.15) is 23.7 Å². The average Bonchev–Trinajstić information content (AvgIpc) is 2.78. The van der Waals surface area contributed by atoms with Gasteiger partial charge in [0.1, 0.15) is 12.4 Å². The normalized spacial score (nSPS) is 18.5. The van der Waals surface area contributed by atoms with E-state index in [4.69, 9.17) is 4.74 Å². The van der Waals surface area contributed by atoms with Gasteiger partial charge in [0.25, 0.3) is 0 Å². The minimum atomic E-state index is -4.72. The van der Waals surface area contributed by atoms with Gasteiger partial charge in [-0.25, -0.2) is 0 Å². The van der Waals surface area contributed by atoms with E-state index in [2.05, 4.69) is 4.74 Å². The van der Waals surface area contributed by atoms with Gasteiger partial charge in [-0.1, -0.05) is 42.5 Å². The highest BCUT2D eigenvalue weighted by atomic mass is 19.4. The highest BCUT2D eigenvalue weighted by Crippen LogP contribution is 2.28. The minimum Gasteiger partial charge on any atom is -0.406 e. The van der Waals surface area contributed by atoms with Crippen molar-refractivity contribution < 1.29 is 27.4 Å². The molecule has 1 atom stereocenters. The Kier molecular flexibility index (Phi) is 5.46. The molecule has 1 amide bonds. The molecule has 1 fully saturated rings. The Morgan fingerprint density at radius 3 is 2.42 bits per heavy atom. The van der Waals surface area contributed by atoms with Gasteiger partial charge in [0.05, 0.1) is 6.10 Å². The first kappa shape index (κ1) is 18.3. The topological polar surface area (TPSA) is 38.8 Å². The van der Waals surface area contributed by atoms with Crippen molar-refractivity contribution >= 4 is 5.91 Å². The summed E-state index contributed by atoms with van der Waals surface area (Å²) >= 11 is 0. The summed E-state index contributed by atoms with van der Waals surface area (Å²) < 4.78 is 46.2. The van der Waals surface area contributed by atoms with Gasteiger partial charge < -0.3 is 14.4 Å². The predicted molar refractivity (Wildman–Crippen MR) is 88.3 cm³/mol. The highest BCUT2D eigenvalue weighted by molar-refractivity contribution is 5.77. The van der Waals surface area contributed by atoms with Crippen molar-refractivity contribution in [3.8, 4) is 5.75 Å². The molecule has 0 aliphatic carbocycles. The first-order valence-corrected chi connectivity index (χ1v) is 8.20. The maximum absolute atomic E-state index is 12.3. The van der Waals surface area contributed by atoms with E-state index in [0.29, 0.717) is 25.1 Å². The van der Waals surface area contributed by atoms with Gasteiger partial charge in [0.2, 0.25) is 5.91 Å². The van der Waals surface area contributed by atoms with Crippen molar-refractivity contribution in [2.45, 2.75) is 25.4 Å². The number of rotatable bonds is 4. The van der Waals surface area contributed by atoms with Crippen LogP contribution >= 0.6 is 0 Å². The Bertz CT molecular complexity index is 732. The van der Waals surface area contributed by atoms with Gasteiger partial charge >= 0.3 is 6.36 Å². The van der Waals surface area contributed by atoms with Gasteiger partial charge in [-0.05, 0) is 29.7 Å². The molecule has 1 aliphatic heterocycles. The number of hydrogen-bond acceptors (Lipinski definition) is 3. The molecule has 0 N–H and O–H groups in total. The van der Waals surface area contributed by atoms with Crippen molar-refractivity contribution in [1.82, 2.24) is 4.90 Å². The summed E-state index contributed by atoms with van der Waals surface area (Å²) in [5, 5.41) is 0. The average molecular weight is 365 g/mol. The van der Waals surface area contributed by atoms with E-state index in [-0.39, 0.29) is 24.4 Å². The van der Waals surface area contributed by atoms with Crippen LogP contribution in [0.15, 0.2) is 54.6 Å². The van der Waals surface area contributed by atoms with Gasteiger partial charge in [-0.2, -0.15) is 0 Å². The van der Waals surface area contributed by atoms with Gasteiger partial charge in [0, 0.05) is 13.1 Å². The first-order chi connectivity index (χ1) is 12.4. The maximum atomic E-state index is 12.3. The molecule has 7 heteroatoms. The Morgan fingerprint density at radius 1 is 1.08 bits per heavy atom. The fourth-order valence-corrected chi connectivity index (χ4v) is 2.86. The largest absolute Gasteiger partial charge is 0.573 e. The molecule has 0 saturated carbocycles. The molecule has 4 nitrogen and oxygen atoms in total. The van der Waals surface area contributed by atoms with E-state index in [9.17, 15) is 18.0 Å². The number of nitrogens with zero attached hydrogens (tertiary/aromatic N) is 1. The Morgan fingerprint density at radius 2 is 1.77 bits per heavy atom. The molecule has 3 rings (SSSR count). The number of carbonyl (C=O) groups excluding carboxylic acids is 1. The van der Waals surface area contributed by atoms with Crippen LogP contribution in [0.25, 0.3) is 0 Å². The van der Waals surface area contributed by atoms with Gasteiger partial charge in [-0.15, -0.1) is 13.2 Å². The Balaban J connectivity index is 1.63. The SMILES string of the molecule is O=C1COC(c2ccc(OC(F)(F)F)cc2)CCN1Cc1ccccc1. The summed E-state index contributed by atoms with van der Waals surface area (Å²) in [5.41, 5.74) is 1.75. The number of alkyl halides is 3. The lowest BCUT2D eigenvalue weighted by atomic mass is 10.1. The second-order valence-corrected chi connectivity index (χ2v) is 6.01. The number of amides is 1. The zero-order valence-corrected chi connectivity index (χ0v) is 13.9. The zero-order valence-electron chi connectivity index (χ0n) is 13.9. The molecule has 0 bridgehead atoms. The molecular formula is C19H18F3NO3. The van der Waals surface area contributed by atoms with E-state index in [1.165, 1.54) is 24.3 Å². The van der Waals surface area contributed by atoms with Crippen molar-refractivity contribution in [2.24, 2.45) is 0 Å². The van der Waals surface area contributed by atoms with E-state index < -0.39 is 6.36 Å². The van der Waals surface area contributed by atoms with E-state index in [0.717, 1.165) is 5.56 Å². The fourth-order valence-electron chi connectivity index (χ4n) is 2.86. The molecule has 1 aliphatic rings. The lowest BCUT2D eigenvalue weighted by Crippen LogP contribution is -2.31. The van der Waals surface area contributed by atoms with Crippen LogP contribution in [-0.2, 0) is 16.1 Å². The van der Waals surface area contributed by atoms with Crippen molar-refractivity contribution in [1.29, 1.82) is 0 Å². The van der Waals surface area contributed by atoms with Crippen LogP contribution < -0.4 is 4.74 Å². The van der Waals surface area contributed by atoms with Crippen LogP contribution in [0, 0.1) is 0 Å². The Hall–Kier alpha value is -2.54. The van der Waals surface area contributed by atoms with E-state index >= 15 is 0 Å². The van der Waals surface area contributed by atoms with Gasteiger partial charge in [-0.3, -0.25) is 4.79 Å². The third-order valence-corrected chi connectivity index (χ3v) is 4.12. The van der Waals surface area contributed by atoms with Crippen LogP contribution in [0.2, 0.25) is 0 Å². The molecule has 1 unspecified atom stereocenters. The quantitative estimate of drug-likeness (QED) is 0.820. The molecule has 138 valence electrons. The summed E-state index contributed by atoms with van der Waals surface area (Å²) in [7, 11) is 0. The summed E-state index contributed by atoms with van der Waals surface area (Å²) in [4.78, 5) is 14.0.